The summed E-state index contributed by atoms with van der Waals surface area (Å²) >= 11 is 0. The largest absolute Gasteiger partial charge is 0.394 e. The Morgan fingerprint density at radius 1 is 1.13 bits per heavy atom. The molecule has 7 N–H and O–H groups in total. The lowest BCUT2D eigenvalue weighted by Gasteiger charge is -2.23. The van der Waals surface area contributed by atoms with Crippen LogP contribution in [0.2, 0.25) is 0 Å². The third kappa shape index (κ3) is 5.19. The van der Waals surface area contributed by atoms with Crippen molar-refractivity contribution in [2.45, 2.75) is 49.7 Å². The lowest BCUT2D eigenvalue weighted by atomic mass is 10.2. The number of hydrogen-bond acceptors (Lipinski definition) is 15. The molecule has 19 heteroatoms. The number of ether oxygens (including phenoxy) is 2. The molecule has 38 heavy (non-hydrogen) atoms. The fourth-order valence-corrected chi connectivity index (χ4v) is 5.57. The Kier molecular flexibility index (Phi) is 7.03. The van der Waals surface area contributed by atoms with E-state index in [9.17, 15) is 24.4 Å². The van der Waals surface area contributed by atoms with Crippen LogP contribution in [-0.4, -0.2) is 88.6 Å². The zero-order chi connectivity index (χ0) is 27.2. The SMILES string of the molecule is CP(=O)(OC[C@H]1O[C@@H](n2cnc3c(=O)[nH]c(N)nc32)CC1O)O[C@@H]1C[C@H](n2cnc(N)nc2=O)O[C@@H]1CO. The van der Waals surface area contributed by atoms with Gasteiger partial charge in [-0.1, -0.05) is 0 Å². The van der Waals surface area contributed by atoms with Gasteiger partial charge >= 0.3 is 13.3 Å². The van der Waals surface area contributed by atoms with Crippen LogP contribution in [0, 0.1) is 0 Å². The van der Waals surface area contributed by atoms with E-state index in [1.807, 2.05) is 0 Å². The maximum atomic E-state index is 13.1. The minimum absolute atomic E-state index is 0.0488. The van der Waals surface area contributed by atoms with Gasteiger partial charge in [0.15, 0.2) is 11.2 Å². The van der Waals surface area contributed by atoms with Crippen molar-refractivity contribution >= 4 is 30.7 Å². The molecule has 18 nitrogen and oxygen atoms in total. The molecule has 0 aliphatic carbocycles. The van der Waals surface area contributed by atoms with Crippen LogP contribution >= 0.6 is 7.60 Å². The number of nitrogens with two attached hydrogens (primary N) is 2. The van der Waals surface area contributed by atoms with Gasteiger partial charge in [0.05, 0.1) is 31.7 Å². The first-order valence-corrected chi connectivity index (χ1v) is 13.5. The van der Waals surface area contributed by atoms with Gasteiger partial charge in [-0.05, 0) is 0 Å². The zero-order valence-corrected chi connectivity index (χ0v) is 20.9. The van der Waals surface area contributed by atoms with E-state index in [1.165, 1.54) is 17.6 Å². The summed E-state index contributed by atoms with van der Waals surface area (Å²) in [6.45, 7) is 0.465. The highest BCUT2D eigenvalue weighted by Gasteiger charge is 2.42. The summed E-state index contributed by atoms with van der Waals surface area (Å²) in [5.74, 6) is -0.295. The molecule has 0 radical (unpaired) electrons. The molecule has 3 aromatic rings. The van der Waals surface area contributed by atoms with Crippen LogP contribution in [-0.2, 0) is 23.1 Å². The van der Waals surface area contributed by atoms with E-state index in [0.717, 1.165) is 10.9 Å². The van der Waals surface area contributed by atoms with Crippen molar-refractivity contribution in [3.8, 4) is 0 Å². The average molecular weight is 555 g/mol. The number of H-pyrrole nitrogens is 1. The summed E-state index contributed by atoms with van der Waals surface area (Å²) in [4.78, 5) is 41.9. The van der Waals surface area contributed by atoms with E-state index >= 15 is 0 Å². The van der Waals surface area contributed by atoms with Crippen LogP contribution in [0.3, 0.4) is 0 Å². The van der Waals surface area contributed by atoms with Crippen molar-refractivity contribution in [2.75, 3.05) is 31.3 Å². The zero-order valence-electron chi connectivity index (χ0n) is 20.0. The van der Waals surface area contributed by atoms with Crippen LogP contribution in [0.4, 0.5) is 11.9 Å². The Bertz CT molecular complexity index is 1490. The van der Waals surface area contributed by atoms with Gasteiger partial charge in [-0.25, -0.2) is 14.8 Å². The molecule has 2 unspecified atom stereocenters. The molecule has 0 bridgehead atoms. The van der Waals surface area contributed by atoms with Crippen LogP contribution in [0.25, 0.3) is 11.2 Å². The summed E-state index contributed by atoms with van der Waals surface area (Å²) in [5.41, 5.74) is 10.1. The molecule has 2 fully saturated rings. The van der Waals surface area contributed by atoms with Gasteiger partial charge in [0, 0.05) is 19.5 Å². The number of rotatable bonds is 8. The van der Waals surface area contributed by atoms with E-state index in [-0.39, 0.29) is 42.5 Å². The summed E-state index contributed by atoms with van der Waals surface area (Å²) < 4.78 is 38.3. The number of nitrogens with one attached hydrogen (secondary N) is 1. The second kappa shape index (κ2) is 10.1. The van der Waals surface area contributed by atoms with E-state index in [1.54, 1.807) is 0 Å². The molecular weight excluding hydrogens is 529 g/mol. The van der Waals surface area contributed by atoms with Crippen molar-refractivity contribution in [3.05, 3.63) is 33.5 Å². The molecule has 0 amide bonds. The molecule has 5 heterocycles. The Morgan fingerprint density at radius 2 is 1.84 bits per heavy atom. The third-order valence-electron chi connectivity index (χ3n) is 6.18. The first-order chi connectivity index (χ1) is 18.0. The highest BCUT2D eigenvalue weighted by Crippen LogP contribution is 2.49. The monoisotopic (exact) mass is 555 g/mol. The number of hydrogen-bond donors (Lipinski definition) is 5. The molecule has 206 valence electrons. The molecular formula is C19H26N9O9P. The molecule has 0 saturated carbocycles. The Morgan fingerprint density at radius 3 is 2.58 bits per heavy atom. The smallest absolute Gasteiger partial charge is 0.354 e. The number of anilines is 2. The molecule has 5 rings (SSSR count). The van der Waals surface area contributed by atoms with Crippen molar-refractivity contribution in [2.24, 2.45) is 0 Å². The number of aromatic nitrogens is 7. The van der Waals surface area contributed by atoms with Gasteiger partial charge in [-0.15, -0.1) is 0 Å². The van der Waals surface area contributed by atoms with Crippen molar-refractivity contribution in [1.29, 1.82) is 0 Å². The lowest BCUT2D eigenvalue weighted by molar-refractivity contribution is -0.0511. The first-order valence-electron chi connectivity index (χ1n) is 11.5. The Hall–Kier alpha value is -3.25. The topological polar surface area (TPSA) is 258 Å². The third-order valence-corrected chi connectivity index (χ3v) is 7.45. The molecule has 0 aromatic carbocycles. The van der Waals surface area contributed by atoms with Gasteiger partial charge < -0.3 is 40.2 Å². The quantitative estimate of drug-likeness (QED) is 0.190. The number of aliphatic hydroxyl groups excluding tert-OH is 2. The fourth-order valence-electron chi connectivity index (χ4n) is 4.37. The average Bonchev–Trinajstić information content (AvgIpc) is 3.54. The van der Waals surface area contributed by atoms with Crippen LogP contribution in [0.5, 0.6) is 0 Å². The van der Waals surface area contributed by atoms with Crippen molar-refractivity contribution in [3.63, 3.8) is 0 Å². The van der Waals surface area contributed by atoms with Crippen molar-refractivity contribution in [1.82, 2.24) is 34.1 Å². The molecule has 0 spiro atoms. The molecule has 3 aromatic heterocycles. The van der Waals surface area contributed by atoms with E-state index in [2.05, 4.69) is 24.9 Å². The Balaban J connectivity index is 1.22. The number of aromatic amines is 1. The minimum Gasteiger partial charge on any atom is -0.394 e. The number of nitrogen functional groups attached to an aromatic ring is 2. The molecule has 2 saturated heterocycles. The summed E-state index contributed by atoms with van der Waals surface area (Å²) in [6, 6.07) is 0. The summed E-state index contributed by atoms with van der Waals surface area (Å²) in [5, 5.41) is 20.2. The number of nitrogens with zero attached hydrogens (tertiary/aromatic N) is 6. The second-order valence-electron chi connectivity index (χ2n) is 8.87. The maximum Gasteiger partial charge on any atom is 0.354 e. The standard InChI is InChI=1S/C19H26N9O9P/c1-38(33,37-9-3-13(35-10(9)4-29)28-7-23-17(20)26-19(28)32)34-5-11-8(30)2-12(36-11)27-6-22-14-15(27)24-18(21)25-16(14)31/h6-13,29-30H,2-5H2,1H3,(H2,20,26,32)(H3,21,24,25,31)/t8?,9-,10-,11-,12-,13-,38?/m1/s1. The predicted octanol–water partition coefficient (Wildman–Crippen LogP) is -1.91. The first kappa shape index (κ1) is 26.4. The highest BCUT2D eigenvalue weighted by atomic mass is 31.2. The highest BCUT2D eigenvalue weighted by molar-refractivity contribution is 7.53. The van der Waals surface area contributed by atoms with Gasteiger partial charge in [-0.2, -0.15) is 9.97 Å². The maximum absolute atomic E-state index is 13.1. The second-order valence-corrected chi connectivity index (χ2v) is 10.9. The van der Waals surface area contributed by atoms with E-state index in [4.69, 9.17) is 30.0 Å². The fraction of sp³-hybridized carbons (Fsp3) is 0.579. The normalized spacial score (nSPS) is 29.1. The number of fused-ring (bicyclic) bond motifs is 1. The van der Waals surface area contributed by atoms with Crippen LogP contribution in [0.15, 0.2) is 22.2 Å². The number of imidazole rings is 1. The summed E-state index contributed by atoms with van der Waals surface area (Å²) in [7, 11) is -3.76. The Labute approximate surface area is 213 Å². The van der Waals surface area contributed by atoms with Crippen LogP contribution < -0.4 is 22.7 Å². The lowest BCUT2D eigenvalue weighted by Crippen LogP contribution is -2.29. The van der Waals surface area contributed by atoms with Gasteiger partial charge in [0.2, 0.25) is 11.9 Å². The van der Waals surface area contributed by atoms with Gasteiger partial charge in [0.25, 0.3) is 5.56 Å². The molecule has 2 aliphatic rings. The van der Waals surface area contributed by atoms with Gasteiger partial charge in [0.1, 0.15) is 31.0 Å². The minimum atomic E-state index is -3.76. The summed E-state index contributed by atoms with van der Waals surface area (Å²) in [6.07, 6.45) is -2.63. The molecule has 7 atom stereocenters. The van der Waals surface area contributed by atoms with E-state index in [0.29, 0.717) is 0 Å². The molecule has 2 aliphatic heterocycles. The van der Waals surface area contributed by atoms with Gasteiger partial charge in [-0.3, -0.25) is 23.5 Å². The number of aliphatic hydroxyl groups is 2. The predicted molar refractivity (Wildman–Crippen MR) is 128 cm³/mol. The van der Waals surface area contributed by atoms with Crippen LogP contribution in [0.1, 0.15) is 25.3 Å². The van der Waals surface area contributed by atoms with Crippen molar-refractivity contribution < 1.29 is 33.3 Å². The van der Waals surface area contributed by atoms with E-state index < -0.39 is 62.3 Å².